The quantitative estimate of drug-likeness (QED) is 0.801. The third-order valence-corrected chi connectivity index (χ3v) is 5.45. The van der Waals surface area contributed by atoms with Crippen LogP contribution >= 0.6 is 11.8 Å². The molecule has 0 saturated carbocycles. The summed E-state index contributed by atoms with van der Waals surface area (Å²) in [5.74, 6) is 0.650. The van der Waals surface area contributed by atoms with Gasteiger partial charge in [0.2, 0.25) is 5.91 Å². The molecule has 0 bridgehead atoms. The first-order valence-electron chi connectivity index (χ1n) is 8.72. The highest BCUT2D eigenvalue weighted by Gasteiger charge is 2.37. The minimum Gasteiger partial charge on any atom is -0.497 e. The van der Waals surface area contributed by atoms with Gasteiger partial charge in [-0.25, -0.2) is 4.98 Å². The zero-order valence-electron chi connectivity index (χ0n) is 15.6. The molecule has 27 heavy (non-hydrogen) atoms. The highest BCUT2D eigenvalue weighted by atomic mass is 32.2. The number of carbonyl (C=O) groups excluding carboxylic acids is 2. The molecule has 0 aliphatic carbocycles. The fourth-order valence-corrected chi connectivity index (χ4v) is 3.99. The van der Waals surface area contributed by atoms with Crippen LogP contribution in [0.2, 0.25) is 0 Å². The van der Waals surface area contributed by atoms with E-state index in [2.05, 4.69) is 10.3 Å². The van der Waals surface area contributed by atoms with E-state index >= 15 is 0 Å². The first kappa shape index (κ1) is 19.2. The van der Waals surface area contributed by atoms with Crippen LogP contribution in [0.1, 0.15) is 28.8 Å². The maximum absolute atomic E-state index is 13.1. The van der Waals surface area contributed by atoms with Gasteiger partial charge in [-0.05, 0) is 36.1 Å². The minimum atomic E-state index is -0.130. The molecule has 2 aromatic rings. The van der Waals surface area contributed by atoms with Gasteiger partial charge in [-0.2, -0.15) is 0 Å². The van der Waals surface area contributed by atoms with Crippen LogP contribution in [-0.2, 0) is 4.79 Å². The smallest absolute Gasteiger partial charge is 0.256 e. The SMILES string of the molecule is COc1ccc([C@@H]2CN(C(=O)c3cccnc3SC)C[C@H]2NC(C)=O)cc1. The Labute approximate surface area is 163 Å². The van der Waals surface area contributed by atoms with Crippen LogP contribution in [0.15, 0.2) is 47.6 Å². The van der Waals surface area contributed by atoms with Crippen molar-refractivity contribution >= 4 is 23.6 Å². The molecule has 0 radical (unpaired) electrons. The Morgan fingerprint density at radius 1 is 1.22 bits per heavy atom. The number of nitrogens with zero attached hydrogens (tertiary/aromatic N) is 2. The Balaban J connectivity index is 1.86. The summed E-state index contributed by atoms with van der Waals surface area (Å²) in [5, 5.41) is 3.71. The molecule has 2 heterocycles. The highest BCUT2D eigenvalue weighted by Crippen LogP contribution is 2.31. The molecule has 3 rings (SSSR count). The summed E-state index contributed by atoms with van der Waals surface area (Å²) in [7, 11) is 1.63. The number of ether oxygens (including phenoxy) is 1. The van der Waals surface area contributed by atoms with E-state index in [4.69, 9.17) is 4.74 Å². The molecule has 0 unspecified atom stereocenters. The van der Waals surface area contributed by atoms with Crippen LogP contribution in [0.25, 0.3) is 0 Å². The molecular weight excluding hydrogens is 362 g/mol. The Hall–Kier alpha value is -2.54. The summed E-state index contributed by atoms with van der Waals surface area (Å²) in [6, 6.07) is 11.2. The Morgan fingerprint density at radius 3 is 2.59 bits per heavy atom. The molecule has 1 fully saturated rings. The fraction of sp³-hybridized carbons (Fsp3) is 0.350. The van der Waals surface area contributed by atoms with Crippen molar-refractivity contribution in [2.75, 3.05) is 26.5 Å². The molecule has 2 amide bonds. The molecule has 2 atom stereocenters. The van der Waals surface area contributed by atoms with E-state index in [9.17, 15) is 9.59 Å². The highest BCUT2D eigenvalue weighted by molar-refractivity contribution is 7.98. The number of aromatic nitrogens is 1. The molecule has 1 aromatic carbocycles. The second-order valence-electron chi connectivity index (χ2n) is 6.46. The van der Waals surface area contributed by atoms with Crippen LogP contribution in [0.3, 0.4) is 0 Å². The minimum absolute atomic E-state index is 0.0261. The number of thioether (sulfide) groups is 1. The van der Waals surface area contributed by atoms with E-state index in [1.807, 2.05) is 30.5 Å². The number of hydrogen-bond donors (Lipinski definition) is 1. The number of rotatable bonds is 5. The molecular formula is C20H23N3O3S. The van der Waals surface area contributed by atoms with Crippen LogP contribution < -0.4 is 10.1 Å². The van der Waals surface area contributed by atoms with Crippen molar-refractivity contribution in [2.45, 2.75) is 23.9 Å². The van der Waals surface area contributed by atoms with Crippen molar-refractivity contribution in [1.29, 1.82) is 0 Å². The third kappa shape index (κ3) is 4.24. The van der Waals surface area contributed by atoms with Crippen molar-refractivity contribution in [3.63, 3.8) is 0 Å². The van der Waals surface area contributed by atoms with Gasteiger partial charge in [0.25, 0.3) is 5.91 Å². The van der Waals surface area contributed by atoms with E-state index in [1.165, 1.54) is 18.7 Å². The number of amides is 2. The summed E-state index contributed by atoms with van der Waals surface area (Å²) in [5.41, 5.74) is 1.67. The summed E-state index contributed by atoms with van der Waals surface area (Å²) in [6.07, 6.45) is 3.59. The second-order valence-corrected chi connectivity index (χ2v) is 7.25. The number of nitrogens with one attached hydrogen (secondary N) is 1. The van der Waals surface area contributed by atoms with Gasteiger partial charge in [-0.15, -0.1) is 11.8 Å². The topological polar surface area (TPSA) is 71.5 Å². The van der Waals surface area contributed by atoms with Crippen molar-refractivity contribution < 1.29 is 14.3 Å². The van der Waals surface area contributed by atoms with E-state index < -0.39 is 0 Å². The van der Waals surface area contributed by atoms with Crippen molar-refractivity contribution in [2.24, 2.45) is 0 Å². The van der Waals surface area contributed by atoms with Crippen LogP contribution in [0.4, 0.5) is 0 Å². The van der Waals surface area contributed by atoms with Gasteiger partial charge in [0.15, 0.2) is 0 Å². The van der Waals surface area contributed by atoms with Gasteiger partial charge in [-0.1, -0.05) is 12.1 Å². The predicted molar refractivity (Wildman–Crippen MR) is 105 cm³/mol. The van der Waals surface area contributed by atoms with Crippen molar-refractivity contribution in [3.05, 3.63) is 53.7 Å². The Bertz CT molecular complexity index is 825. The molecule has 1 aromatic heterocycles. The van der Waals surface area contributed by atoms with Gasteiger partial charge in [0.05, 0.1) is 18.7 Å². The van der Waals surface area contributed by atoms with Gasteiger partial charge >= 0.3 is 0 Å². The van der Waals surface area contributed by atoms with Crippen LogP contribution in [0.5, 0.6) is 5.75 Å². The molecule has 1 N–H and O–H groups in total. The average Bonchev–Trinajstić information content (AvgIpc) is 3.10. The largest absolute Gasteiger partial charge is 0.497 e. The van der Waals surface area contributed by atoms with Crippen LogP contribution in [-0.4, -0.2) is 54.2 Å². The van der Waals surface area contributed by atoms with Crippen molar-refractivity contribution in [3.8, 4) is 5.75 Å². The maximum atomic E-state index is 13.1. The zero-order valence-corrected chi connectivity index (χ0v) is 16.5. The first-order chi connectivity index (χ1) is 13.0. The van der Waals surface area contributed by atoms with Crippen molar-refractivity contribution in [1.82, 2.24) is 15.2 Å². The fourth-order valence-electron chi connectivity index (χ4n) is 3.45. The predicted octanol–water partition coefficient (Wildman–Crippen LogP) is 2.56. The van der Waals surface area contributed by atoms with E-state index in [0.717, 1.165) is 11.3 Å². The van der Waals surface area contributed by atoms with E-state index in [1.54, 1.807) is 30.3 Å². The molecule has 1 aliphatic rings. The molecule has 1 saturated heterocycles. The standard InChI is InChI=1S/C20H23N3O3S/c1-13(24)22-18-12-23(20(25)16-5-4-10-21-19(16)27-3)11-17(18)14-6-8-15(26-2)9-7-14/h4-10,17-18H,11-12H2,1-3H3,(H,22,24)/t17-,18+/m0/s1. The maximum Gasteiger partial charge on any atom is 0.256 e. The monoisotopic (exact) mass is 385 g/mol. The van der Waals surface area contributed by atoms with Crippen LogP contribution in [0, 0.1) is 0 Å². The number of methoxy groups -OCH3 is 1. The molecule has 6 nitrogen and oxygen atoms in total. The van der Waals surface area contributed by atoms with E-state index in [0.29, 0.717) is 23.7 Å². The second kappa shape index (κ2) is 8.43. The van der Waals surface area contributed by atoms with Gasteiger partial charge in [0, 0.05) is 32.1 Å². The third-order valence-electron chi connectivity index (χ3n) is 4.73. The lowest BCUT2D eigenvalue weighted by atomic mass is 9.94. The lowest BCUT2D eigenvalue weighted by Gasteiger charge is -2.19. The number of hydrogen-bond acceptors (Lipinski definition) is 5. The Morgan fingerprint density at radius 2 is 1.96 bits per heavy atom. The summed E-state index contributed by atoms with van der Waals surface area (Å²) >= 11 is 1.45. The average molecular weight is 385 g/mol. The summed E-state index contributed by atoms with van der Waals surface area (Å²) < 4.78 is 5.22. The lowest BCUT2D eigenvalue weighted by Crippen LogP contribution is -2.39. The number of carbonyl (C=O) groups is 2. The van der Waals surface area contributed by atoms with E-state index in [-0.39, 0.29) is 23.8 Å². The molecule has 1 aliphatic heterocycles. The lowest BCUT2D eigenvalue weighted by molar-refractivity contribution is -0.119. The first-order valence-corrected chi connectivity index (χ1v) is 9.95. The van der Waals surface area contributed by atoms with Gasteiger partial charge in [-0.3, -0.25) is 9.59 Å². The molecule has 0 spiro atoms. The van der Waals surface area contributed by atoms with Gasteiger partial charge < -0.3 is 15.0 Å². The normalized spacial score (nSPS) is 19.0. The molecule has 7 heteroatoms. The Kier molecular flexibility index (Phi) is 6.01. The molecule has 142 valence electrons. The number of likely N-dealkylation sites (tertiary alicyclic amines) is 1. The number of benzene rings is 1. The zero-order chi connectivity index (χ0) is 19.4. The summed E-state index contributed by atoms with van der Waals surface area (Å²) in [6.45, 7) is 2.51. The summed E-state index contributed by atoms with van der Waals surface area (Å²) in [4.78, 5) is 30.8. The number of pyridine rings is 1. The van der Waals surface area contributed by atoms with Gasteiger partial charge in [0.1, 0.15) is 10.8 Å².